The molecule has 0 aromatic heterocycles. The summed E-state index contributed by atoms with van der Waals surface area (Å²) in [5.74, 6) is -0.511. The van der Waals surface area contributed by atoms with Gasteiger partial charge in [-0.2, -0.15) is 0 Å². The summed E-state index contributed by atoms with van der Waals surface area (Å²) in [7, 11) is 0. The fourth-order valence-corrected chi connectivity index (χ4v) is 1.32. The number of aromatic hydroxyl groups is 1. The Hall–Kier alpha value is -1.13. The van der Waals surface area contributed by atoms with Crippen LogP contribution in [0.3, 0.4) is 0 Å². The number of hydrogen-bond acceptors (Lipinski definition) is 3. The third-order valence-electron chi connectivity index (χ3n) is 2.16. The van der Waals surface area contributed by atoms with E-state index in [1.54, 1.807) is 0 Å². The summed E-state index contributed by atoms with van der Waals surface area (Å²) >= 11 is 0. The van der Waals surface area contributed by atoms with Crippen molar-refractivity contribution in [3.8, 4) is 5.75 Å². The van der Waals surface area contributed by atoms with E-state index < -0.39 is 5.82 Å². The van der Waals surface area contributed by atoms with Crippen molar-refractivity contribution in [3.63, 3.8) is 0 Å². The van der Waals surface area contributed by atoms with Crippen molar-refractivity contribution >= 4 is 0 Å². The average Bonchev–Trinajstić information content (AvgIpc) is 2.14. The summed E-state index contributed by atoms with van der Waals surface area (Å²) in [5, 5.41) is 21.0. The molecule has 15 heavy (non-hydrogen) atoms. The highest BCUT2D eigenvalue weighted by molar-refractivity contribution is 5.28. The topological polar surface area (TPSA) is 52.5 Å². The van der Waals surface area contributed by atoms with Crippen LogP contribution in [0, 0.1) is 5.82 Å². The van der Waals surface area contributed by atoms with E-state index in [4.69, 9.17) is 10.2 Å². The summed E-state index contributed by atoms with van der Waals surface area (Å²) in [5.41, 5.74) is 0.692. The van der Waals surface area contributed by atoms with Gasteiger partial charge >= 0.3 is 0 Å². The van der Waals surface area contributed by atoms with Crippen LogP contribution >= 0.6 is 0 Å². The first kappa shape index (κ1) is 11.9. The van der Waals surface area contributed by atoms with Gasteiger partial charge in [-0.25, -0.2) is 4.39 Å². The van der Waals surface area contributed by atoms with Gasteiger partial charge in [0, 0.05) is 25.3 Å². The van der Waals surface area contributed by atoms with Crippen molar-refractivity contribution in [2.45, 2.75) is 25.9 Å². The molecule has 0 radical (unpaired) electrons. The highest BCUT2D eigenvalue weighted by Gasteiger charge is 2.03. The van der Waals surface area contributed by atoms with Gasteiger partial charge in [0.25, 0.3) is 0 Å². The van der Waals surface area contributed by atoms with Gasteiger partial charge in [-0.05, 0) is 31.0 Å². The van der Waals surface area contributed by atoms with E-state index >= 15 is 0 Å². The molecule has 3 nitrogen and oxygen atoms in total. The Kier molecular flexibility index (Phi) is 4.52. The first-order valence-electron chi connectivity index (χ1n) is 4.94. The van der Waals surface area contributed by atoms with Gasteiger partial charge in [-0.15, -0.1) is 0 Å². The van der Waals surface area contributed by atoms with E-state index in [-0.39, 0.29) is 18.4 Å². The molecule has 3 N–H and O–H groups in total. The molecule has 0 aliphatic rings. The van der Waals surface area contributed by atoms with Crippen LogP contribution in [0.5, 0.6) is 5.75 Å². The summed E-state index contributed by atoms with van der Waals surface area (Å²) in [4.78, 5) is 0. The van der Waals surface area contributed by atoms with E-state index in [2.05, 4.69) is 5.32 Å². The van der Waals surface area contributed by atoms with E-state index in [0.717, 1.165) is 6.07 Å². The smallest absolute Gasteiger partial charge is 0.127 e. The predicted molar refractivity (Wildman–Crippen MR) is 56.1 cm³/mol. The number of rotatable bonds is 5. The molecule has 84 valence electrons. The lowest BCUT2D eigenvalue weighted by Crippen LogP contribution is -2.26. The molecule has 0 aliphatic heterocycles. The lowest BCUT2D eigenvalue weighted by molar-refractivity contribution is 0.268. The maximum Gasteiger partial charge on any atom is 0.127 e. The Bertz CT molecular complexity index is 297. The van der Waals surface area contributed by atoms with E-state index in [0.29, 0.717) is 18.5 Å². The zero-order valence-corrected chi connectivity index (χ0v) is 8.70. The first-order valence-corrected chi connectivity index (χ1v) is 4.94. The second kappa shape index (κ2) is 5.68. The number of hydrogen-bond donors (Lipinski definition) is 3. The molecular formula is C11H16FNO2. The third kappa shape index (κ3) is 4.27. The van der Waals surface area contributed by atoms with Crippen LogP contribution in [-0.2, 0) is 6.54 Å². The van der Waals surface area contributed by atoms with Crippen LogP contribution in [0.2, 0.25) is 0 Å². The maximum absolute atomic E-state index is 12.9. The van der Waals surface area contributed by atoms with E-state index in [1.165, 1.54) is 12.1 Å². The lowest BCUT2D eigenvalue weighted by atomic mass is 10.2. The number of aliphatic hydroxyl groups excluding tert-OH is 1. The Morgan fingerprint density at radius 1 is 1.40 bits per heavy atom. The fourth-order valence-electron chi connectivity index (χ4n) is 1.32. The Morgan fingerprint density at radius 3 is 2.73 bits per heavy atom. The minimum Gasteiger partial charge on any atom is -0.508 e. The highest BCUT2D eigenvalue weighted by Crippen LogP contribution is 2.14. The quantitative estimate of drug-likeness (QED) is 0.692. The Labute approximate surface area is 88.6 Å². The van der Waals surface area contributed by atoms with Crippen molar-refractivity contribution in [1.82, 2.24) is 5.32 Å². The van der Waals surface area contributed by atoms with Crippen molar-refractivity contribution in [2.24, 2.45) is 0 Å². The molecule has 1 unspecified atom stereocenters. The fraction of sp³-hybridized carbons (Fsp3) is 0.455. The largest absolute Gasteiger partial charge is 0.508 e. The normalized spacial score (nSPS) is 12.7. The third-order valence-corrected chi connectivity index (χ3v) is 2.16. The first-order chi connectivity index (χ1) is 7.11. The van der Waals surface area contributed by atoms with Crippen LogP contribution < -0.4 is 5.32 Å². The monoisotopic (exact) mass is 213 g/mol. The molecular weight excluding hydrogens is 197 g/mol. The zero-order valence-electron chi connectivity index (χ0n) is 8.70. The number of aliphatic hydroxyl groups is 1. The molecule has 0 saturated carbocycles. The molecule has 0 heterocycles. The van der Waals surface area contributed by atoms with Crippen molar-refractivity contribution in [2.75, 3.05) is 6.61 Å². The SMILES string of the molecule is CC(CCO)NCc1cc(O)cc(F)c1. The number of benzene rings is 1. The average molecular weight is 213 g/mol. The summed E-state index contributed by atoms with van der Waals surface area (Å²) in [6, 6.07) is 4.13. The van der Waals surface area contributed by atoms with E-state index in [1.807, 2.05) is 6.92 Å². The molecule has 0 aliphatic carbocycles. The standard InChI is InChI=1S/C11H16FNO2/c1-8(2-3-14)13-7-9-4-10(12)6-11(15)5-9/h4-6,8,13-15H,2-3,7H2,1H3. The van der Waals surface area contributed by atoms with Crippen molar-refractivity contribution in [1.29, 1.82) is 0 Å². The molecule has 4 heteroatoms. The molecule has 0 fully saturated rings. The molecule has 1 atom stereocenters. The summed E-state index contributed by atoms with van der Waals surface area (Å²) in [6.45, 7) is 2.55. The molecule has 0 bridgehead atoms. The van der Waals surface area contributed by atoms with Gasteiger partial charge in [-0.3, -0.25) is 0 Å². The number of phenols is 1. The molecule has 1 aromatic rings. The molecule has 0 spiro atoms. The Balaban J connectivity index is 2.50. The van der Waals surface area contributed by atoms with Crippen LogP contribution in [0.1, 0.15) is 18.9 Å². The van der Waals surface area contributed by atoms with Crippen molar-refractivity contribution in [3.05, 3.63) is 29.6 Å². The van der Waals surface area contributed by atoms with Gasteiger partial charge in [0.2, 0.25) is 0 Å². The minimum atomic E-state index is -0.443. The van der Waals surface area contributed by atoms with Gasteiger partial charge < -0.3 is 15.5 Å². The highest BCUT2D eigenvalue weighted by atomic mass is 19.1. The number of phenolic OH excluding ortho intramolecular Hbond substituents is 1. The molecule has 0 amide bonds. The van der Waals surface area contributed by atoms with Crippen LogP contribution in [0.15, 0.2) is 18.2 Å². The van der Waals surface area contributed by atoms with Crippen LogP contribution in [0.4, 0.5) is 4.39 Å². The maximum atomic E-state index is 12.9. The Morgan fingerprint density at radius 2 is 2.13 bits per heavy atom. The minimum absolute atomic E-state index is 0.0680. The van der Waals surface area contributed by atoms with Crippen LogP contribution in [0.25, 0.3) is 0 Å². The van der Waals surface area contributed by atoms with Gasteiger partial charge in [0.1, 0.15) is 11.6 Å². The van der Waals surface area contributed by atoms with Crippen molar-refractivity contribution < 1.29 is 14.6 Å². The van der Waals surface area contributed by atoms with Gasteiger partial charge in [0.15, 0.2) is 0 Å². The van der Waals surface area contributed by atoms with Gasteiger partial charge in [-0.1, -0.05) is 0 Å². The molecule has 1 aromatic carbocycles. The predicted octanol–water partition coefficient (Wildman–Crippen LogP) is 1.39. The second-order valence-corrected chi connectivity index (χ2v) is 3.61. The molecule has 1 rings (SSSR count). The lowest BCUT2D eigenvalue weighted by Gasteiger charge is -2.12. The van der Waals surface area contributed by atoms with Crippen LogP contribution in [-0.4, -0.2) is 22.9 Å². The molecule has 0 saturated heterocycles. The summed E-state index contributed by atoms with van der Waals surface area (Å²) in [6.07, 6.45) is 0.654. The van der Waals surface area contributed by atoms with Gasteiger partial charge in [0.05, 0.1) is 0 Å². The summed E-state index contributed by atoms with van der Waals surface area (Å²) < 4.78 is 12.9. The number of nitrogens with one attached hydrogen (secondary N) is 1. The number of halogens is 1. The van der Waals surface area contributed by atoms with E-state index in [9.17, 15) is 4.39 Å². The zero-order chi connectivity index (χ0) is 11.3. The second-order valence-electron chi connectivity index (χ2n) is 3.61.